The van der Waals surface area contributed by atoms with Crippen molar-refractivity contribution in [2.75, 3.05) is 11.9 Å². The van der Waals surface area contributed by atoms with Crippen LogP contribution in [0.25, 0.3) is 0 Å². The second-order valence-corrected chi connectivity index (χ2v) is 5.90. The number of nitrogens with zero attached hydrogens (tertiary/aromatic N) is 2. The molecule has 5 nitrogen and oxygen atoms in total. The van der Waals surface area contributed by atoms with E-state index in [0.717, 1.165) is 19.4 Å². The maximum atomic E-state index is 12.1. The van der Waals surface area contributed by atoms with Gasteiger partial charge in [-0.25, -0.2) is 9.97 Å². The fourth-order valence-corrected chi connectivity index (χ4v) is 2.70. The lowest BCUT2D eigenvalue weighted by atomic mass is 10.2. The van der Waals surface area contributed by atoms with E-state index >= 15 is 0 Å². The van der Waals surface area contributed by atoms with Gasteiger partial charge in [-0.3, -0.25) is 4.79 Å². The summed E-state index contributed by atoms with van der Waals surface area (Å²) in [5.41, 5.74) is 0.343. The Morgan fingerprint density at radius 3 is 2.86 bits per heavy atom. The van der Waals surface area contributed by atoms with Gasteiger partial charge in [-0.2, -0.15) is 0 Å². The fraction of sp³-hybridized carbons (Fsp3) is 0.400. The summed E-state index contributed by atoms with van der Waals surface area (Å²) < 4.78 is 0. The SMILES string of the molecule is CCCNc1cnc(C(=O)NC(C)Cc2cccs2)cn1. The minimum atomic E-state index is -0.186. The Hall–Kier alpha value is -1.95. The maximum absolute atomic E-state index is 12.1. The first-order valence-electron chi connectivity index (χ1n) is 7.08. The normalized spacial score (nSPS) is 11.9. The topological polar surface area (TPSA) is 66.9 Å². The molecule has 0 saturated carbocycles. The molecule has 6 heteroatoms. The van der Waals surface area contributed by atoms with Crippen LogP contribution in [0.2, 0.25) is 0 Å². The summed E-state index contributed by atoms with van der Waals surface area (Å²) in [6, 6.07) is 4.15. The molecule has 0 fully saturated rings. The fourth-order valence-electron chi connectivity index (χ4n) is 1.87. The predicted molar refractivity (Wildman–Crippen MR) is 85.8 cm³/mol. The molecule has 112 valence electrons. The summed E-state index contributed by atoms with van der Waals surface area (Å²) in [4.78, 5) is 21.7. The van der Waals surface area contributed by atoms with Crippen LogP contribution >= 0.6 is 11.3 Å². The number of hydrogen-bond acceptors (Lipinski definition) is 5. The van der Waals surface area contributed by atoms with Crippen molar-refractivity contribution in [2.45, 2.75) is 32.7 Å². The van der Waals surface area contributed by atoms with Crippen molar-refractivity contribution in [3.8, 4) is 0 Å². The van der Waals surface area contributed by atoms with E-state index in [4.69, 9.17) is 0 Å². The third-order valence-corrected chi connectivity index (χ3v) is 3.80. The molecule has 0 spiro atoms. The molecule has 2 N–H and O–H groups in total. The Balaban J connectivity index is 1.87. The van der Waals surface area contributed by atoms with Gasteiger partial charge < -0.3 is 10.6 Å². The maximum Gasteiger partial charge on any atom is 0.271 e. The lowest BCUT2D eigenvalue weighted by Crippen LogP contribution is -2.34. The number of nitrogens with one attached hydrogen (secondary N) is 2. The second-order valence-electron chi connectivity index (χ2n) is 4.87. The van der Waals surface area contributed by atoms with E-state index in [-0.39, 0.29) is 11.9 Å². The van der Waals surface area contributed by atoms with Crippen LogP contribution in [0.15, 0.2) is 29.9 Å². The van der Waals surface area contributed by atoms with E-state index in [9.17, 15) is 4.79 Å². The summed E-state index contributed by atoms with van der Waals surface area (Å²) in [5, 5.41) is 8.11. The molecule has 0 bridgehead atoms. The van der Waals surface area contributed by atoms with E-state index in [1.165, 1.54) is 11.1 Å². The van der Waals surface area contributed by atoms with E-state index in [1.54, 1.807) is 17.5 Å². The monoisotopic (exact) mass is 304 g/mol. The zero-order chi connectivity index (χ0) is 15.1. The van der Waals surface area contributed by atoms with Crippen molar-refractivity contribution in [3.63, 3.8) is 0 Å². The highest BCUT2D eigenvalue weighted by Crippen LogP contribution is 2.11. The zero-order valence-corrected chi connectivity index (χ0v) is 13.1. The molecule has 2 heterocycles. The van der Waals surface area contributed by atoms with Gasteiger partial charge in [0, 0.05) is 23.9 Å². The van der Waals surface area contributed by atoms with Crippen LogP contribution in [0.3, 0.4) is 0 Å². The quantitative estimate of drug-likeness (QED) is 0.825. The Bertz CT molecular complexity index is 554. The zero-order valence-electron chi connectivity index (χ0n) is 12.3. The highest BCUT2D eigenvalue weighted by atomic mass is 32.1. The molecule has 2 aromatic heterocycles. The number of carbonyl (C=O) groups excluding carboxylic acids is 1. The molecule has 0 aromatic carbocycles. The second kappa shape index (κ2) is 7.73. The van der Waals surface area contributed by atoms with Gasteiger partial charge in [0.15, 0.2) is 0 Å². The molecular weight excluding hydrogens is 284 g/mol. The summed E-state index contributed by atoms with van der Waals surface area (Å²) in [6.07, 6.45) is 4.94. The molecule has 0 aliphatic carbocycles. The first-order chi connectivity index (χ1) is 10.2. The largest absolute Gasteiger partial charge is 0.369 e. The molecule has 1 atom stereocenters. The van der Waals surface area contributed by atoms with Crippen LogP contribution in [-0.4, -0.2) is 28.5 Å². The molecule has 21 heavy (non-hydrogen) atoms. The van der Waals surface area contributed by atoms with Gasteiger partial charge in [0.2, 0.25) is 0 Å². The summed E-state index contributed by atoms with van der Waals surface area (Å²) in [5.74, 6) is 0.508. The van der Waals surface area contributed by atoms with E-state index in [0.29, 0.717) is 11.5 Å². The number of anilines is 1. The molecule has 1 unspecified atom stereocenters. The van der Waals surface area contributed by atoms with Gasteiger partial charge in [-0.15, -0.1) is 11.3 Å². The number of rotatable bonds is 7. The lowest BCUT2D eigenvalue weighted by Gasteiger charge is -2.12. The van der Waals surface area contributed by atoms with Gasteiger partial charge in [0.25, 0.3) is 5.91 Å². The number of hydrogen-bond donors (Lipinski definition) is 2. The number of thiophene rings is 1. The van der Waals surface area contributed by atoms with Crippen molar-refractivity contribution >= 4 is 23.1 Å². The van der Waals surface area contributed by atoms with Crippen LogP contribution in [0.5, 0.6) is 0 Å². The standard InChI is InChI=1S/C15H20N4OS/c1-3-6-16-14-10-17-13(9-18-14)15(20)19-11(2)8-12-5-4-7-21-12/h4-5,7,9-11H,3,6,8H2,1-2H3,(H,16,18)(H,19,20). The summed E-state index contributed by atoms with van der Waals surface area (Å²) in [6.45, 7) is 4.91. The minimum Gasteiger partial charge on any atom is -0.369 e. The molecule has 0 saturated heterocycles. The molecule has 0 aliphatic heterocycles. The summed E-state index contributed by atoms with van der Waals surface area (Å²) in [7, 11) is 0. The van der Waals surface area contributed by atoms with Gasteiger partial charge in [-0.05, 0) is 24.8 Å². The van der Waals surface area contributed by atoms with Gasteiger partial charge in [-0.1, -0.05) is 13.0 Å². The van der Waals surface area contributed by atoms with Gasteiger partial charge in [0.1, 0.15) is 11.5 Å². The molecule has 2 rings (SSSR count). The van der Waals surface area contributed by atoms with Crippen molar-refractivity contribution in [2.24, 2.45) is 0 Å². The highest BCUT2D eigenvalue weighted by Gasteiger charge is 2.12. The smallest absolute Gasteiger partial charge is 0.271 e. The molecule has 0 radical (unpaired) electrons. The molecule has 2 aromatic rings. The van der Waals surface area contributed by atoms with Crippen LogP contribution in [0.4, 0.5) is 5.82 Å². The number of carbonyl (C=O) groups is 1. The van der Waals surface area contributed by atoms with Crippen LogP contribution < -0.4 is 10.6 Å². The Morgan fingerprint density at radius 1 is 1.38 bits per heavy atom. The predicted octanol–water partition coefficient (Wildman–Crippen LogP) is 2.72. The Labute approximate surface area is 128 Å². The van der Waals surface area contributed by atoms with Crippen LogP contribution in [0.1, 0.15) is 35.6 Å². The van der Waals surface area contributed by atoms with E-state index < -0.39 is 0 Å². The number of amides is 1. The third-order valence-electron chi connectivity index (χ3n) is 2.91. The Morgan fingerprint density at radius 2 is 2.24 bits per heavy atom. The number of aromatic nitrogens is 2. The third kappa shape index (κ3) is 4.82. The highest BCUT2D eigenvalue weighted by molar-refractivity contribution is 7.09. The molecule has 1 amide bonds. The first-order valence-corrected chi connectivity index (χ1v) is 7.96. The van der Waals surface area contributed by atoms with Crippen LogP contribution in [-0.2, 0) is 6.42 Å². The Kier molecular flexibility index (Phi) is 5.68. The van der Waals surface area contributed by atoms with Crippen molar-refractivity contribution < 1.29 is 4.79 Å². The van der Waals surface area contributed by atoms with Gasteiger partial charge >= 0.3 is 0 Å². The minimum absolute atomic E-state index is 0.0656. The van der Waals surface area contributed by atoms with Crippen LogP contribution in [0, 0.1) is 0 Å². The van der Waals surface area contributed by atoms with Crippen molar-refractivity contribution in [1.82, 2.24) is 15.3 Å². The van der Waals surface area contributed by atoms with E-state index in [1.807, 2.05) is 18.4 Å². The summed E-state index contributed by atoms with van der Waals surface area (Å²) >= 11 is 1.70. The lowest BCUT2D eigenvalue weighted by molar-refractivity contribution is 0.0935. The molecule has 0 aliphatic rings. The van der Waals surface area contributed by atoms with Crippen molar-refractivity contribution in [3.05, 3.63) is 40.5 Å². The average molecular weight is 304 g/mol. The molecular formula is C15H20N4OS. The first kappa shape index (κ1) is 15.4. The van der Waals surface area contributed by atoms with E-state index in [2.05, 4.69) is 33.6 Å². The van der Waals surface area contributed by atoms with Crippen molar-refractivity contribution in [1.29, 1.82) is 0 Å². The van der Waals surface area contributed by atoms with Gasteiger partial charge in [0.05, 0.1) is 12.4 Å². The average Bonchev–Trinajstić information content (AvgIpc) is 2.98.